The first-order valence-electron chi connectivity index (χ1n) is 7.40. The van der Waals surface area contributed by atoms with Gasteiger partial charge < -0.3 is 20.3 Å². The predicted molar refractivity (Wildman–Crippen MR) is 79.0 cm³/mol. The normalized spacial score (nSPS) is 17.1. The third-order valence-corrected chi connectivity index (χ3v) is 4.01. The molecule has 0 radical (unpaired) electrons. The molecule has 0 saturated heterocycles. The maximum Gasteiger partial charge on any atom is 0.127 e. The van der Waals surface area contributed by atoms with Gasteiger partial charge in [-0.15, -0.1) is 0 Å². The zero-order valence-corrected chi connectivity index (χ0v) is 12.2. The van der Waals surface area contributed by atoms with Crippen LogP contribution in [0.2, 0.25) is 0 Å². The smallest absolute Gasteiger partial charge is 0.127 e. The van der Waals surface area contributed by atoms with Crippen molar-refractivity contribution in [1.29, 1.82) is 0 Å². The Labute approximate surface area is 120 Å². The highest BCUT2D eigenvalue weighted by Crippen LogP contribution is 2.29. The van der Waals surface area contributed by atoms with Crippen LogP contribution < -0.4 is 15.2 Å². The Morgan fingerprint density at radius 2 is 2.10 bits per heavy atom. The molecule has 3 N–H and O–H groups in total. The second kappa shape index (κ2) is 7.50. The van der Waals surface area contributed by atoms with E-state index in [9.17, 15) is 5.11 Å². The van der Waals surface area contributed by atoms with Crippen molar-refractivity contribution in [3.05, 3.63) is 23.8 Å². The summed E-state index contributed by atoms with van der Waals surface area (Å²) in [5, 5.41) is 10.1. The third kappa shape index (κ3) is 4.12. The lowest BCUT2D eigenvalue weighted by Crippen LogP contribution is -2.21. The molecule has 1 fully saturated rings. The first-order chi connectivity index (χ1) is 9.72. The maximum atomic E-state index is 10.1. The highest BCUT2D eigenvalue weighted by Gasteiger charge is 2.19. The summed E-state index contributed by atoms with van der Waals surface area (Å²) < 4.78 is 10.9. The van der Waals surface area contributed by atoms with Crippen molar-refractivity contribution in [2.45, 2.75) is 44.8 Å². The van der Waals surface area contributed by atoms with Crippen LogP contribution in [-0.2, 0) is 6.54 Å². The summed E-state index contributed by atoms with van der Waals surface area (Å²) in [5.74, 6) is 2.10. The molecule has 1 aromatic rings. The minimum atomic E-state index is -0.407. The molecule has 1 saturated carbocycles. The molecule has 0 spiro atoms. The lowest BCUT2D eigenvalue weighted by Gasteiger charge is -2.17. The van der Waals surface area contributed by atoms with Gasteiger partial charge in [0.25, 0.3) is 0 Å². The lowest BCUT2D eigenvalue weighted by atomic mass is 10.0. The van der Waals surface area contributed by atoms with E-state index in [0.717, 1.165) is 17.7 Å². The molecule has 2 rings (SSSR count). The Hall–Kier alpha value is -1.26. The van der Waals surface area contributed by atoms with Crippen LogP contribution in [0.4, 0.5) is 0 Å². The van der Waals surface area contributed by atoms with E-state index in [1.54, 1.807) is 7.11 Å². The average molecular weight is 279 g/mol. The topological polar surface area (TPSA) is 64.7 Å². The Balaban J connectivity index is 1.88. The first kappa shape index (κ1) is 15.1. The van der Waals surface area contributed by atoms with Crippen LogP contribution in [0.1, 0.15) is 37.7 Å². The Morgan fingerprint density at radius 3 is 2.75 bits per heavy atom. The van der Waals surface area contributed by atoms with Gasteiger partial charge in [-0.2, -0.15) is 0 Å². The van der Waals surface area contributed by atoms with Crippen LogP contribution in [0.5, 0.6) is 11.5 Å². The van der Waals surface area contributed by atoms with E-state index in [-0.39, 0.29) is 0 Å². The highest BCUT2D eigenvalue weighted by molar-refractivity contribution is 5.40. The quantitative estimate of drug-likeness (QED) is 0.805. The van der Waals surface area contributed by atoms with Crippen LogP contribution in [0.3, 0.4) is 0 Å². The molecule has 4 heteroatoms. The SMILES string of the molecule is COc1ccc(CN)c(OCC(O)CC2CCCC2)c1. The van der Waals surface area contributed by atoms with Crippen LogP contribution in [-0.4, -0.2) is 24.9 Å². The molecule has 0 heterocycles. The van der Waals surface area contributed by atoms with E-state index < -0.39 is 6.10 Å². The summed E-state index contributed by atoms with van der Waals surface area (Å²) in [6.45, 7) is 0.731. The van der Waals surface area contributed by atoms with Gasteiger partial charge in [0.2, 0.25) is 0 Å². The van der Waals surface area contributed by atoms with Crippen LogP contribution >= 0.6 is 0 Å². The standard InChI is InChI=1S/C16H25NO3/c1-19-15-7-6-13(10-17)16(9-15)20-11-14(18)8-12-4-2-3-5-12/h6-7,9,12,14,18H,2-5,8,10-11,17H2,1H3. The number of aliphatic hydroxyl groups excluding tert-OH is 1. The number of ether oxygens (including phenoxy) is 2. The number of benzene rings is 1. The van der Waals surface area contributed by atoms with Gasteiger partial charge in [-0.05, 0) is 18.4 Å². The average Bonchev–Trinajstić information content (AvgIpc) is 2.97. The fourth-order valence-electron chi connectivity index (χ4n) is 2.85. The number of hydrogen-bond donors (Lipinski definition) is 2. The molecule has 4 nitrogen and oxygen atoms in total. The summed E-state index contributed by atoms with van der Waals surface area (Å²) >= 11 is 0. The second-order valence-electron chi connectivity index (χ2n) is 5.53. The monoisotopic (exact) mass is 279 g/mol. The fraction of sp³-hybridized carbons (Fsp3) is 0.625. The van der Waals surface area contributed by atoms with Crippen LogP contribution in [0.25, 0.3) is 0 Å². The largest absolute Gasteiger partial charge is 0.497 e. The Kier molecular flexibility index (Phi) is 5.68. The second-order valence-corrected chi connectivity index (χ2v) is 5.53. The Bertz CT molecular complexity index is 416. The van der Waals surface area contributed by atoms with E-state index in [1.807, 2.05) is 18.2 Å². The van der Waals surface area contributed by atoms with E-state index >= 15 is 0 Å². The van der Waals surface area contributed by atoms with Crippen LogP contribution in [0, 0.1) is 5.92 Å². The van der Waals surface area contributed by atoms with Gasteiger partial charge in [0, 0.05) is 18.2 Å². The molecular weight excluding hydrogens is 254 g/mol. The minimum Gasteiger partial charge on any atom is -0.497 e. The predicted octanol–water partition coefficient (Wildman–Crippen LogP) is 2.47. The number of aliphatic hydroxyl groups is 1. The number of methoxy groups -OCH3 is 1. The molecule has 0 amide bonds. The summed E-state index contributed by atoms with van der Waals surface area (Å²) in [6, 6.07) is 5.59. The molecule has 0 aliphatic heterocycles. The number of hydrogen-bond acceptors (Lipinski definition) is 4. The zero-order chi connectivity index (χ0) is 14.4. The minimum absolute atomic E-state index is 0.316. The molecule has 1 aromatic carbocycles. The van der Waals surface area contributed by atoms with Gasteiger partial charge in [0.05, 0.1) is 13.2 Å². The van der Waals surface area contributed by atoms with Crippen molar-refractivity contribution in [1.82, 2.24) is 0 Å². The number of rotatable bonds is 7. The summed E-state index contributed by atoms with van der Waals surface area (Å²) in [7, 11) is 1.62. The molecule has 1 atom stereocenters. The van der Waals surface area contributed by atoms with Crippen molar-refractivity contribution in [3.8, 4) is 11.5 Å². The van der Waals surface area contributed by atoms with Crippen molar-refractivity contribution in [2.24, 2.45) is 11.7 Å². The van der Waals surface area contributed by atoms with E-state index in [0.29, 0.717) is 24.8 Å². The molecule has 20 heavy (non-hydrogen) atoms. The van der Waals surface area contributed by atoms with Gasteiger partial charge in [-0.3, -0.25) is 0 Å². The molecule has 1 unspecified atom stereocenters. The maximum absolute atomic E-state index is 10.1. The van der Waals surface area contributed by atoms with Crippen molar-refractivity contribution in [3.63, 3.8) is 0 Å². The lowest BCUT2D eigenvalue weighted by molar-refractivity contribution is 0.0850. The summed E-state index contributed by atoms with van der Waals surface area (Å²) in [4.78, 5) is 0. The summed E-state index contributed by atoms with van der Waals surface area (Å²) in [6.07, 6.45) is 5.50. The third-order valence-electron chi connectivity index (χ3n) is 4.01. The molecule has 112 valence electrons. The fourth-order valence-corrected chi connectivity index (χ4v) is 2.85. The van der Waals surface area contributed by atoms with Crippen molar-refractivity contribution in [2.75, 3.05) is 13.7 Å². The van der Waals surface area contributed by atoms with Crippen molar-refractivity contribution < 1.29 is 14.6 Å². The Morgan fingerprint density at radius 1 is 1.35 bits per heavy atom. The van der Waals surface area contributed by atoms with Crippen LogP contribution in [0.15, 0.2) is 18.2 Å². The van der Waals surface area contributed by atoms with Gasteiger partial charge >= 0.3 is 0 Å². The van der Waals surface area contributed by atoms with E-state index in [2.05, 4.69) is 0 Å². The molecular formula is C16H25NO3. The van der Waals surface area contributed by atoms with E-state index in [1.165, 1.54) is 25.7 Å². The van der Waals surface area contributed by atoms with E-state index in [4.69, 9.17) is 15.2 Å². The molecule has 1 aliphatic rings. The molecule has 0 bridgehead atoms. The highest BCUT2D eigenvalue weighted by atomic mass is 16.5. The van der Waals surface area contributed by atoms with Gasteiger partial charge in [-0.25, -0.2) is 0 Å². The van der Waals surface area contributed by atoms with Gasteiger partial charge in [0.15, 0.2) is 0 Å². The van der Waals surface area contributed by atoms with Crippen molar-refractivity contribution >= 4 is 0 Å². The number of nitrogens with two attached hydrogens (primary N) is 1. The molecule has 1 aliphatic carbocycles. The van der Waals surface area contributed by atoms with Gasteiger partial charge in [0.1, 0.15) is 18.1 Å². The zero-order valence-electron chi connectivity index (χ0n) is 12.2. The van der Waals surface area contributed by atoms with Gasteiger partial charge in [-0.1, -0.05) is 31.7 Å². The first-order valence-corrected chi connectivity index (χ1v) is 7.40. The summed E-state index contributed by atoms with van der Waals surface area (Å²) in [5.41, 5.74) is 6.63. The molecule has 0 aromatic heterocycles.